The van der Waals surface area contributed by atoms with Crippen LogP contribution in [-0.2, 0) is 39.1 Å². The Labute approximate surface area is 129 Å². The Bertz CT molecular complexity index is 329. The van der Waals surface area contributed by atoms with E-state index < -0.39 is 0 Å². The first kappa shape index (κ1) is 15.3. The summed E-state index contributed by atoms with van der Waals surface area (Å²) in [5, 5.41) is 0. The molecule has 2 heteroatoms. The molecule has 0 nitrogen and oxygen atoms in total. The average Bonchev–Trinajstić information content (AvgIpc) is 2.28. The van der Waals surface area contributed by atoms with Crippen molar-refractivity contribution in [2.75, 3.05) is 0 Å². The van der Waals surface area contributed by atoms with Crippen LogP contribution in [0.25, 0.3) is 0 Å². The molecule has 0 aliphatic heterocycles. The van der Waals surface area contributed by atoms with Crippen LogP contribution in [0.4, 0.5) is 4.39 Å². The van der Waals surface area contributed by atoms with Crippen LogP contribution in [0.5, 0.6) is 0 Å². The number of hydrogen-bond acceptors (Lipinski definition) is 0. The van der Waals surface area contributed by atoms with Crippen LogP contribution in [0.3, 0.4) is 0 Å². The monoisotopic (exact) mass is 308 g/mol. The van der Waals surface area contributed by atoms with Crippen molar-refractivity contribution in [3.63, 3.8) is 0 Å². The van der Waals surface area contributed by atoms with E-state index in [-0.39, 0.29) is 38.5 Å². The zero-order valence-electron chi connectivity index (χ0n) is 10.6. The third kappa shape index (κ3) is 5.18. The van der Waals surface area contributed by atoms with Gasteiger partial charge in [0.15, 0.2) is 0 Å². The van der Waals surface area contributed by atoms with Crippen molar-refractivity contribution in [3.8, 4) is 0 Å². The van der Waals surface area contributed by atoms with Gasteiger partial charge in [-0.1, -0.05) is 39.0 Å². The van der Waals surface area contributed by atoms with E-state index in [0.717, 1.165) is 23.8 Å². The van der Waals surface area contributed by atoms with E-state index in [4.69, 9.17) is 0 Å². The molecule has 1 aliphatic carbocycles. The number of benzene rings is 1. The van der Waals surface area contributed by atoms with E-state index in [0.29, 0.717) is 0 Å². The standard InChI is InChI=1S/C15H20F.Y/c1-12-5-7-13(8-6-12)9-10-14-3-2-4-15(16)11-14;/h2-3,11-13H,5-10H2,1H3;/q-1;+3. The van der Waals surface area contributed by atoms with Gasteiger partial charge in [-0.2, -0.15) is 17.7 Å². The third-order valence-electron chi connectivity index (χ3n) is 3.81. The molecule has 0 unspecified atom stereocenters. The Hall–Kier alpha value is 0.254. The van der Waals surface area contributed by atoms with Crippen molar-refractivity contribution in [1.29, 1.82) is 0 Å². The van der Waals surface area contributed by atoms with Crippen LogP contribution in [-0.4, -0.2) is 0 Å². The van der Waals surface area contributed by atoms with E-state index >= 15 is 0 Å². The molecule has 0 bridgehead atoms. The number of hydrogen-bond donors (Lipinski definition) is 0. The van der Waals surface area contributed by atoms with Crippen molar-refractivity contribution in [2.24, 2.45) is 11.8 Å². The van der Waals surface area contributed by atoms with E-state index in [2.05, 4.69) is 13.0 Å². The van der Waals surface area contributed by atoms with Gasteiger partial charge in [-0.3, -0.25) is 0 Å². The molecule has 88 valence electrons. The fraction of sp³-hybridized carbons (Fsp3) is 0.600. The number of halogens is 1. The fourth-order valence-corrected chi connectivity index (χ4v) is 2.62. The van der Waals surface area contributed by atoms with Crippen LogP contribution in [0.15, 0.2) is 18.2 Å². The molecule has 2 rings (SSSR count). The Kier molecular flexibility index (Phi) is 6.88. The average molecular weight is 308 g/mol. The molecule has 17 heavy (non-hydrogen) atoms. The summed E-state index contributed by atoms with van der Waals surface area (Å²) in [6, 6.07) is 7.83. The Morgan fingerprint density at radius 1 is 1.29 bits per heavy atom. The minimum Gasteiger partial charge on any atom is -0.236 e. The van der Waals surface area contributed by atoms with Crippen LogP contribution in [0.1, 0.15) is 44.6 Å². The second-order valence-electron chi connectivity index (χ2n) is 5.21. The first-order valence-electron chi connectivity index (χ1n) is 6.40. The zero-order chi connectivity index (χ0) is 11.4. The van der Waals surface area contributed by atoms with Crippen molar-refractivity contribution in [3.05, 3.63) is 35.6 Å². The summed E-state index contributed by atoms with van der Waals surface area (Å²) in [4.78, 5) is 0. The number of aryl methyl sites for hydroxylation is 1. The van der Waals surface area contributed by atoms with Gasteiger partial charge in [0.05, 0.1) is 0 Å². The molecular weight excluding hydrogens is 288 g/mol. The molecule has 1 saturated carbocycles. The maximum absolute atomic E-state index is 12.9. The van der Waals surface area contributed by atoms with Crippen molar-refractivity contribution in [1.82, 2.24) is 0 Å². The van der Waals surface area contributed by atoms with E-state index in [1.54, 1.807) is 12.1 Å². The third-order valence-corrected chi connectivity index (χ3v) is 3.81. The molecule has 0 saturated heterocycles. The molecule has 0 radical (unpaired) electrons. The second-order valence-corrected chi connectivity index (χ2v) is 5.21. The summed E-state index contributed by atoms with van der Waals surface area (Å²) < 4.78 is 12.9. The largest absolute Gasteiger partial charge is 3.00 e. The summed E-state index contributed by atoms with van der Waals surface area (Å²) in [5.41, 5.74) is 1.12. The number of rotatable bonds is 3. The van der Waals surface area contributed by atoms with Crippen molar-refractivity contribution in [2.45, 2.75) is 45.4 Å². The summed E-state index contributed by atoms with van der Waals surface area (Å²) >= 11 is 0. The maximum Gasteiger partial charge on any atom is 3.00 e. The van der Waals surface area contributed by atoms with Gasteiger partial charge in [0.25, 0.3) is 0 Å². The van der Waals surface area contributed by atoms with Gasteiger partial charge in [0.2, 0.25) is 0 Å². The molecule has 1 fully saturated rings. The quantitative estimate of drug-likeness (QED) is 0.727. The molecule has 0 amide bonds. The second kappa shape index (κ2) is 7.64. The normalized spacial score (nSPS) is 24.1. The van der Waals surface area contributed by atoms with Gasteiger partial charge in [-0.25, -0.2) is 4.39 Å². The molecule has 1 aromatic rings. The SMILES string of the molecule is CC1CCC(CCc2cc[c-]c(F)c2)CC1.[Y+3]. The van der Waals surface area contributed by atoms with Crippen LogP contribution in [0.2, 0.25) is 0 Å². The zero-order valence-corrected chi connectivity index (χ0v) is 13.4. The molecule has 1 aromatic carbocycles. The minimum absolute atomic E-state index is 0. The fourth-order valence-electron chi connectivity index (χ4n) is 2.62. The van der Waals surface area contributed by atoms with Crippen LogP contribution >= 0.6 is 0 Å². The maximum atomic E-state index is 12.9. The summed E-state index contributed by atoms with van der Waals surface area (Å²) in [7, 11) is 0. The van der Waals surface area contributed by atoms with Crippen LogP contribution in [0, 0.1) is 23.7 Å². The van der Waals surface area contributed by atoms with Gasteiger partial charge in [0, 0.05) is 5.82 Å². The Morgan fingerprint density at radius 2 is 2.00 bits per heavy atom. The van der Waals surface area contributed by atoms with Gasteiger partial charge in [-0.05, 0) is 18.3 Å². The summed E-state index contributed by atoms with van der Waals surface area (Å²) in [6.07, 6.45) is 7.72. The van der Waals surface area contributed by atoms with Crippen molar-refractivity contribution >= 4 is 0 Å². The predicted molar refractivity (Wildman–Crippen MR) is 64.7 cm³/mol. The van der Waals surface area contributed by atoms with Gasteiger partial charge in [-0.15, -0.1) is 12.1 Å². The molecule has 1 aliphatic rings. The smallest absolute Gasteiger partial charge is 0.236 e. The molecule has 0 spiro atoms. The summed E-state index contributed by atoms with van der Waals surface area (Å²) in [5.74, 6) is 1.55. The van der Waals surface area contributed by atoms with E-state index in [1.807, 2.05) is 6.07 Å². The predicted octanol–water partition coefficient (Wildman–Crippen LogP) is 4.38. The Balaban J connectivity index is 0.00000144. The van der Waals surface area contributed by atoms with Crippen LogP contribution < -0.4 is 0 Å². The molecule has 0 aromatic heterocycles. The van der Waals surface area contributed by atoms with Gasteiger partial charge >= 0.3 is 32.7 Å². The van der Waals surface area contributed by atoms with Crippen molar-refractivity contribution < 1.29 is 37.1 Å². The molecule has 0 N–H and O–H groups in total. The van der Waals surface area contributed by atoms with Gasteiger partial charge in [0.1, 0.15) is 0 Å². The molecular formula is C15H20FY+2. The van der Waals surface area contributed by atoms with E-state index in [9.17, 15) is 4.39 Å². The minimum atomic E-state index is -0.227. The molecule has 0 atom stereocenters. The van der Waals surface area contributed by atoms with E-state index in [1.165, 1.54) is 32.1 Å². The topological polar surface area (TPSA) is 0 Å². The first-order chi connectivity index (χ1) is 7.74. The Morgan fingerprint density at radius 3 is 2.65 bits per heavy atom. The first-order valence-corrected chi connectivity index (χ1v) is 6.40. The molecule has 0 heterocycles. The summed E-state index contributed by atoms with van der Waals surface area (Å²) in [6.45, 7) is 2.35. The van der Waals surface area contributed by atoms with Gasteiger partial charge < -0.3 is 0 Å².